The van der Waals surface area contributed by atoms with E-state index in [2.05, 4.69) is 428 Å². The van der Waals surface area contributed by atoms with Gasteiger partial charge in [0.1, 0.15) is 0 Å². The Morgan fingerprint density at radius 1 is 0.136 bits per heavy atom. The number of rotatable bonds is 6. The predicted octanol–water partition coefficient (Wildman–Crippen LogP) is 33.0. The Bertz CT molecular complexity index is 8160. The van der Waals surface area contributed by atoms with Gasteiger partial charge in [0.25, 0.3) is 0 Å². The van der Waals surface area contributed by atoms with E-state index < -0.39 is 0 Å². The van der Waals surface area contributed by atoms with Crippen molar-refractivity contribution in [2.75, 3.05) is 0 Å². The van der Waals surface area contributed by atoms with E-state index in [1.165, 1.54) is 251 Å². The van der Waals surface area contributed by atoms with Crippen molar-refractivity contribution in [2.24, 2.45) is 0 Å². The molecule has 0 aromatic heterocycles. The van der Waals surface area contributed by atoms with Crippen molar-refractivity contribution in [1.82, 2.24) is 0 Å². The molecule has 0 saturated carbocycles. The third-order valence-electron chi connectivity index (χ3n) is 27.0. The molecule has 23 aromatic carbocycles. The van der Waals surface area contributed by atoms with Crippen LogP contribution in [0.1, 0.15) is 49.9 Å². The molecular formula is C118H78. The fraction of sp³-hybridized carbons (Fsp3) is 0.0508. The summed E-state index contributed by atoms with van der Waals surface area (Å²) < 4.78 is 0. The predicted molar refractivity (Wildman–Crippen MR) is 508 cm³/mol. The van der Waals surface area contributed by atoms with E-state index in [1.54, 1.807) is 0 Å². The molecule has 118 heavy (non-hydrogen) atoms. The van der Waals surface area contributed by atoms with Gasteiger partial charge in [-0.3, -0.25) is 0 Å². The summed E-state index contributed by atoms with van der Waals surface area (Å²) >= 11 is 0. The maximum Gasteiger partial charge on any atom is 0.0165 e. The summed E-state index contributed by atoms with van der Waals surface area (Å²) in [5.74, 6) is 0. The summed E-state index contributed by atoms with van der Waals surface area (Å²) in [6.07, 6.45) is 0. The van der Waals surface area contributed by atoms with Crippen LogP contribution in [-0.2, 0) is 10.8 Å². The molecule has 2 aliphatic rings. The Balaban J connectivity index is 0.000000135. The first kappa shape index (κ1) is 67.9. The summed E-state index contributed by atoms with van der Waals surface area (Å²) in [7, 11) is 0. The van der Waals surface area contributed by atoms with Gasteiger partial charge in [-0.25, -0.2) is 0 Å². The largest absolute Gasteiger partial charge is 0.0616 e. The second-order valence-electron chi connectivity index (χ2n) is 33.9. The molecule has 0 atom stereocenters. The van der Waals surface area contributed by atoms with Crippen LogP contribution in [0.5, 0.6) is 0 Å². The zero-order valence-electron chi connectivity index (χ0n) is 66.1. The van der Waals surface area contributed by atoms with Crippen LogP contribution in [0.2, 0.25) is 0 Å². The molecule has 0 radical (unpaired) electrons. The van der Waals surface area contributed by atoms with Crippen molar-refractivity contribution >= 4 is 140 Å². The highest BCUT2D eigenvalue weighted by atomic mass is 14.4. The van der Waals surface area contributed by atoms with Gasteiger partial charge in [-0.05, 0) is 282 Å². The van der Waals surface area contributed by atoms with Gasteiger partial charge in [-0.2, -0.15) is 0 Å². The molecule has 0 heteroatoms. The highest BCUT2D eigenvalue weighted by Crippen LogP contribution is 2.58. The van der Waals surface area contributed by atoms with Crippen LogP contribution in [0.25, 0.3) is 229 Å². The first-order valence-corrected chi connectivity index (χ1v) is 41.6. The molecule has 0 saturated heterocycles. The fourth-order valence-corrected chi connectivity index (χ4v) is 21.7. The first-order valence-electron chi connectivity index (χ1n) is 41.6. The third-order valence-corrected chi connectivity index (χ3v) is 27.0. The van der Waals surface area contributed by atoms with Crippen molar-refractivity contribution in [3.63, 3.8) is 0 Å². The van der Waals surface area contributed by atoms with Crippen molar-refractivity contribution in [2.45, 2.75) is 38.5 Å². The van der Waals surface area contributed by atoms with Gasteiger partial charge in [0.15, 0.2) is 0 Å². The lowest BCUT2D eigenvalue weighted by atomic mass is 9.79. The molecular weight excluding hydrogens is 1420 g/mol. The second kappa shape index (κ2) is 26.0. The zero-order valence-corrected chi connectivity index (χ0v) is 66.1. The third kappa shape index (κ3) is 10.1. The fourth-order valence-electron chi connectivity index (χ4n) is 21.7. The topological polar surface area (TPSA) is 0 Å². The SMILES string of the molecule is CC1(C)c2ccc(-c3ccc(-c4c5ccccc5c(-c5ccc6ccc7ccccc7c6c5)c5ccccc45)cc3)cc2-c2c1c1ccccc1c1ccccc21.CC1(C)c2ccc(-c3ccc(-c4c5ccccc5c(-c5cccc6c5ccc5cc7ccccc7cc56)c5ccccc45)cc3)cc2-c2c1c1ccccc1c1ccccc21. The summed E-state index contributed by atoms with van der Waals surface area (Å²) in [5.41, 5.74) is 26.0. The zero-order chi connectivity index (χ0) is 78.2. The van der Waals surface area contributed by atoms with E-state index in [1.807, 2.05) is 0 Å². The van der Waals surface area contributed by atoms with Gasteiger partial charge in [-0.1, -0.05) is 398 Å². The van der Waals surface area contributed by atoms with Crippen LogP contribution in [-0.4, -0.2) is 0 Å². The average molecular weight is 1500 g/mol. The molecule has 0 amide bonds. The lowest BCUT2D eigenvalue weighted by Gasteiger charge is -2.24. The molecule has 0 unspecified atom stereocenters. The standard InChI is InChI=1S/C61H40.C57H38/c1-61(2)56-33-31-41(36-55(56)59-48-18-7-5-16-43(48)44-17-6-12-23-53(44)60(59)61)37-26-28-38(29-27-37)57-49-19-8-10-21-51(49)58(52-22-11-9-20-50(52)57)47-25-13-24-45-46(47)32-30-42-34-39-14-3-4-15-40(39)35-54(42)45;1-57(2)52-32-31-39(33-51(52)55-44-17-7-5-15-42(44)43-16-6-12-22-49(43)56(55)57)35-23-28-38(29-24-35)53-45-18-8-10-20-47(45)54(48-21-11-9-19-46(48)53)40-30-27-37-26-25-36-13-3-4-14-41(36)50(37)34-40/h3-36H,1-2H3;3-34H,1-2H3. The van der Waals surface area contributed by atoms with Crippen molar-refractivity contribution in [1.29, 1.82) is 0 Å². The lowest BCUT2D eigenvalue weighted by molar-refractivity contribution is 0.666. The number of hydrogen-bond acceptors (Lipinski definition) is 0. The Hall–Kier alpha value is -14.6. The average Bonchev–Trinajstić information content (AvgIpc) is 1.52. The first-order chi connectivity index (χ1) is 58.1. The quantitative estimate of drug-likeness (QED) is 0.115. The Morgan fingerprint density at radius 2 is 0.424 bits per heavy atom. The molecule has 550 valence electrons. The second-order valence-corrected chi connectivity index (χ2v) is 33.9. The van der Waals surface area contributed by atoms with Crippen LogP contribution in [0, 0.1) is 0 Å². The summed E-state index contributed by atoms with van der Waals surface area (Å²) in [6.45, 7) is 9.60. The van der Waals surface area contributed by atoms with E-state index in [0.717, 1.165) is 0 Å². The summed E-state index contributed by atoms with van der Waals surface area (Å²) in [5, 5.41) is 33.7. The molecule has 2 aliphatic carbocycles. The van der Waals surface area contributed by atoms with Crippen LogP contribution >= 0.6 is 0 Å². The number of fused-ring (bicyclic) bond motifs is 27. The van der Waals surface area contributed by atoms with Crippen LogP contribution in [0.3, 0.4) is 0 Å². The van der Waals surface area contributed by atoms with Gasteiger partial charge in [0.05, 0.1) is 0 Å². The van der Waals surface area contributed by atoms with Crippen molar-refractivity contribution in [3.05, 3.63) is 423 Å². The molecule has 23 aromatic rings. The normalized spacial score (nSPS) is 13.2. The van der Waals surface area contributed by atoms with E-state index >= 15 is 0 Å². The maximum atomic E-state index is 2.45. The molecule has 0 nitrogen and oxygen atoms in total. The minimum atomic E-state index is -0.111. The minimum Gasteiger partial charge on any atom is -0.0616 e. The van der Waals surface area contributed by atoms with Gasteiger partial charge in [0.2, 0.25) is 0 Å². The van der Waals surface area contributed by atoms with Crippen LogP contribution in [0.15, 0.2) is 400 Å². The Labute approximate surface area is 685 Å². The van der Waals surface area contributed by atoms with E-state index in [4.69, 9.17) is 0 Å². The van der Waals surface area contributed by atoms with Gasteiger partial charge < -0.3 is 0 Å². The molecule has 0 N–H and O–H groups in total. The number of benzene rings is 23. The van der Waals surface area contributed by atoms with E-state index in [0.29, 0.717) is 0 Å². The van der Waals surface area contributed by atoms with Crippen LogP contribution in [0.4, 0.5) is 0 Å². The molecule has 25 rings (SSSR count). The van der Waals surface area contributed by atoms with Gasteiger partial charge >= 0.3 is 0 Å². The molecule has 0 fully saturated rings. The maximum absolute atomic E-state index is 2.45. The number of hydrogen-bond donors (Lipinski definition) is 0. The van der Waals surface area contributed by atoms with Gasteiger partial charge in [-0.15, -0.1) is 0 Å². The van der Waals surface area contributed by atoms with E-state index in [9.17, 15) is 0 Å². The summed E-state index contributed by atoms with van der Waals surface area (Å²) in [4.78, 5) is 0. The lowest BCUT2D eigenvalue weighted by Crippen LogP contribution is -2.15. The monoisotopic (exact) mass is 1490 g/mol. The summed E-state index contributed by atoms with van der Waals surface area (Å²) in [6, 6.07) is 150. The molecule has 0 heterocycles. The molecule has 0 spiro atoms. The molecule has 0 bridgehead atoms. The van der Waals surface area contributed by atoms with Crippen molar-refractivity contribution in [3.8, 4) is 89.0 Å². The van der Waals surface area contributed by atoms with Crippen LogP contribution < -0.4 is 0 Å². The highest BCUT2D eigenvalue weighted by Gasteiger charge is 2.40. The Morgan fingerprint density at radius 3 is 0.873 bits per heavy atom. The van der Waals surface area contributed by atoms with Crippen molar-refractivity contribution < 1.29 is 0 Å². The molecule has 0 aliphatic heterocycles. The highest BCUT2D eigenvalue weighted by molar-refractivity contribution is 6.28. The van der Waals surface area contributed by atoms with Gasteiger partial charge in [0, 0.05) is 10.8 Å². The Kier molecular flexibility index (Phi) is 14.9. The van der Waals surface area contributed by atoms with E-state index in [-0.39, 0.29) is 10.8 Å². The smallest absolute Gasteiger partial charge is 0.0165 e. The minimum absolute atomic E-state index is 0.106.